The first kappa shape index (κ1) is 36.1. The van der Waals surface area contributed by atoms with Gasteiger partial charge in [-0.1, -0.05) is 146 Å². The molecule has 0 aliphatic rings. The Morgan fingerprint density at radius 1 is 0.422 bits per heavy atom. The molecule has 0 saturated heterocycles. The second kappa shape index (κ2) is 14.0. The highest BCUT2D eigenvalue weighted by atomic mass is 15.2. The van der Waals surface area contributed by atoms with Crippen molar-refractivity contribution in [1.82, 2.24) is 23.7 Å². The zero-order valence-corrected chi connectivity index (χ0v) is 35.1. The van der Waals surface area contributed by atoms with Gasteiger partial charge in [0.15, 0.2) is 0 Å². The molecule has 0 radical (unpaired) electrons. The Hall–Kier alpha value is -8.54. The third-order valence-corrected chi connectivity index (χ3v) is 13.1. The van der Waals surface area contributed by atoms with Gasteiger partial charge in [-0.15, -0.1) is 0 Å². The molecule has 9 aromatic carbocycles. The number of allylic oxidation sites excluding steroid dienone is 1. The first-order valence-corrected chi connectivity index (χ1v) is 21.8. The molecule has 0 aliphatic carbocycles. The molecular weight excluding hydrogens is 779 g/mol. The molecule has 5 nitrogen and oxygen atoms in total. The second-order valence-electron chi connectivity index (χ2n) is 16.5. The normalized spacial score (nSPS) is 12.1. The highest BCUT2D eigenvalue weighted by Crippen LogP contribution is 2.41. The SMILES string of the molecule is C=Cc1c(/C=C\C)c2ccccc2n1-c1ccc2c(c1)c1cc(-n3c4ccccc4c4ccccc43)ccc1n2-c1nc(-c2cccc3ccccc23)c2ccc3ccccc3c2n1. The van der Waals surface area contributed by atoms with Crippen molar-refractivity contribution in [2.45, 2.75) is 6.92 Å². The number of hydrogen-bond donors (Lipinski definition) is 0. The van der Waals surface area contributed by atoms with Crippen LogP contribution in [0.2, 0.25) is 0 Å². The first-order valence-electron chi connectivity index (χ1n) is 21.8. The van der Waals surface area contributed by atoms with E-state index < -0.39 is 0 Å². The summed E-state index contributed by atoms with van der Waals surface area (Å²) in [7, 11) is 0. The van der Waals surface area contributed by atoms with Gasteiger partial charge in [0.25, 0.3) is 0 Å². The van der Waals surface area contributed by atoms with Gasteiger partial charge >= 0.3 is 0 Å². The van der Waals surface area contributed by atoms with Crippen LogP contribution >= 0.6 is 0 Å². The third kappa shape index (κ3) is 5.18. The maximum absolute atomic E-state index is 5.62. The fraction of sp³-hybridized carbons (Fsp3) is 0.0169. The van der Waals surface area contributed by atoms with Crippen molar-refractivity contribution in [3.8, 4) is 28.6 Å². The Kier molecular flexibility index (Phi) is 7.90. The fourth-order valence-corrected chi connectivity index (χ4v) is 10.4. The molecule has 0 N–H and O–H groups in total. The van der Waals surface area contributed by atoms with Crippen molar-refractivity contribution < 1.29 is 0 Å². The molecule has 13 aromatic rings. The minimum atomic E-state index is 0.623. The molecule has 0 aliphatic heterocycles. The molecule has 4 aromatic heterocycles. The van der Waals surface area contributed by atoms with Crippen molar-refractivity contribution in [3.05, 3.63) is 212 Å². The fourth-order valence-electron chi connectivity index (χ4n) is 10.4. The Labute approximate surface area is 368 Å². The number of benzene rings is 9. The lowest BCUT2D eigenvalue weighted by molar-refractivity contribution is 1.01. The molecule has 64 heavy (non-hydrogen) atoms. The summed E-state index contributed by atoms with van der Waals surface area (Å²) in [5.74, 6) is 0.623. The molecule has 300 valence electrons. The van der Waals surface area contributed by atoms with Crippen molar-refractivity contribution >= 4 is 99.1 Å². The first-order chi connectivity index (χ1) is 31.7. The molecule has 5 heteroatoms. The molecule has 0 saturated carbocycles. The van der Waals surface area contributed by atoms with Crippen LogP contribution in [0.15, 0.2) is 201 Å². The van der Waals surface area contributed by atoms with E-state index in [1.54, 1.807) is 0 Å². The summed E-state index contributed by atoms with van der Waals surface area (Å²) in [6.07, 6.45) is 6.27. The van der Waals surface area contributed by atoms with E-state index in [0.29, 0.717) is 5.95 Å². The molecule has 0 amide bonds. The van der Waals surface area contributed by atoms with Crippen LogP contribution in [0.25, 0.3) is 128 Å². The minimum Gasteiger partial charge on any atom is -0.309 e. The molecule has 0 atom stereocenters. The molecular formula is C59H39N5. The lowest BCUT2D eigenvalue weighted by Crippen LogP contribution is -2.04. The third-order valence-electron chi connectivity index (χ3n) is 13.1. The van der Waals surface area contributed by atoms with Crippen LogP contribution in [0.5, 0.6) is 0 Å². The van der Waals surface area contributed by atoms with E-state index >= 15 is 0 Å². The zero-order valence-electron chi connectivity index (χ0n) is 35.1. The quantitative estimate of drug-likeness (QED) is 0.157. The topological polar surface area (TPSA) is 40.6 Å². The molecule has 13 rings (SSSR count). The average molecular weight is 818 g/mol. The van der Waals surface area contributed by atoms with Crippen LogP contribution in [0.3, 0.4) is 0 Å². The smallest absolute Gasteiger partial charge is 0.235 e. The van der Waals surface area contributed by atoms with Crippen LogP contribution in [0, 0.1) is 0 Å². The second-order valence-corrected chi connectivity index (χ2v) is 16.5. The Morgan fingerprint density at radius 2 is 0.953 bits per heavy atom. The molecule has 0 spiro atoms. The van der Waals surface area contributed by atoms with E-state index in [1.807, 2.05) is 6.08 Å². The number of aromatic nitrogens is 5. The summed E-state index contributed by atoms with van der Waals surface area (Å²) < 4.78 is 7.01. The largest absolute Gasteiger partial charge is 0.309 e. The van der Waals surface area contributed by atoms with E-state index in [4.69, 9.17) is 9.97 Å². The molecule has 0 fully saturated rings. The van der Waals surface area contributed by atoms with E-state index in [1.165, 1.54) is 32.6 Å². The monoisotopic (exact) mass is 817 g/mol. The van der Waals surface area contributed by atoms with E-state index in [9.17, 15) is 0 Å². The number of hydrogen-bond acceptors (Lipinski definition) is 2. The Morgan fingerprint density at radius 3 is 1.61 bits per heavy atom. The van der Waals surface area contributed by atoms with Crippen molar-refractivity contribution in [2.75, 3.05) is 0 Å². The van der Waals surface area contributed by atoms with Gasteiger partial charge < -0.3 is 9.13 Å². The molecule has 4 heterocycles. The Balaban J connectivity index is 1.15. The maximum Gasteiger partial charge on any atom is 0.235 e. The number of fused-ring (bicyclic) bond motifs is 11. The van der Waals surface area contributed by atoms with Crippen LogP contribution in [0.4, 0.5) is 0 Å². The van der Waals surface area contributed by atoms with Gasteiger partial charge in [0.2, 0.25) is 5.95 Å². The summed E-state index contributed by atoms with van der Waals surface area (Å²) in [5.41, 5.74) is 12.8. The van der Waals surface area contributed by atoms with Gasteiger partial charge in [0, 0.05) is 60.2 Å². The van der Waals surface area contributed by atoms with E-state index in [-0.39, 0.29) is 0 Å². The summed E-state index contributed by atoms with van der Waals surface area (Å²) in [5, 5.41) is 11.4. The van der Waals surface area contributed by atoms with Gasteiger partial charge in [-0.2, -0.15) is 0 Å². The van der Waals surface area contributed by atoms with Crippen molar-refractivity contribution in [1.29, 1.82) is 0 Å². The summed E-state index contributed by atoms with van der Waals surface area (Å²) in [6.45, 7) is 6.39. The van der Waals surface area contributed by atoms with Gasteiger partial charge in [-0.05, 0) is 89.8 Å². The zero-order chi connectivity index (χ0) is 42.5. The highest BCUT2D eigenvalue weighted by Gasteiger charge is 2.23. The average Bonchev–Trinajstić information content (AvgIpc) is 3.98. The molecule has 0 bridgehead atoms. The predicted molar refractivity (Wildman–Crippen MR) is 270 cm³/mol. The predicted octanol–water partition coefficient (Wildman–Crippen LogP) is 15.4. The van der Waals surface area contributed by atoms with Gasteiger partial charge in [0.05, 0.1) is 44.5 Å². The summed E-state index contributed by atoms with van der Waals surface area (Å²) >= 11 is 0. The van der Waals surface area contributed by atoms with Gasteiger partial charge in [-0.3, -0.25) is 4.57 Å². The van der Waals surface area contributed by atoms with E-state index in [2.05, 4.69) is 227 Å². The van der Waals surface area contributed by atoms with Crippen molar-refractivity contribution in [3.63, 3.8) is 0 Å². The van der Waals surface area contributed by atoms with Crippen LogP contribution in [0.1, 0.15) is 18.2 Å². The Bertz CT molecular complexity index is 4060. The van der Waals surface area contributed by atoms with Crippen LogP contribution in [-0.2, 0) is 0 Å². The van der Waals surface area contributed by atoms with Gasteiger partial charge in [0.1, 0.15) is 0 Å². The molecule has 0 unspecified atom stereocenters. The number of nitrogens with zero attached hydrogens (tertiary/aromatic N) is 5. The lowest BCUT2D eigenvalue weighted by Gasteiger charge is -2.15. The number of rotatable bonds is 6. The summed E-state index contributed by atoms with van der Waals surface area (Å²) in [6, 6.07) is 67.7. The minimum absolute atomic E-state index is 0.623. The lowest BCUT2D eigenvalue weighted by atomic mass is 9.98. The van der Waals surface area contributed by atoms with Crippen LogP contribution < -0.4 is 0 Å². The van der Waals surface area contributed by atoms with E-state index in [0.717, 1.165) is 88.3 Å². The number of para-hydroxylation sites is 3. The standard InChI is InChI=1S/C59H39N5/c1-3-16-43-44-22-9-12-26-52(44)62(51(43)4-2)39-30-33-55-49(35-39)50-36-40(63-53-27-13-10-23-45(53)46-24-11-14-28-54(46)63)31-34-56(50)64(55)59-60-57-42-21-8-6-18-38(42)29-32-48(57)58(61-59)47-25-15-19-37-17-5-7-20-41(37)47/h3-36H,2H2,1H3/b16-3-. The van der Waals surface area contributed by atoms with Gasteiger partial charge in [-0.25, -0.2) is 9.97 Å². The highest BCUT2D eigenvalue weighted by molar-refractivity contribution is 6.15. The van der Waals surface area contributed by atoms with Crippen LogP contribution in [-0.4, -0.2) is 23.7 Å². The maximum atomic E-state index is 5.62. The van der Waals surface area contributed by atoms with Crippen molar-refractivity contribution in [2.24, 2.45) is 0 Å². The summed E-state index contributed by atoms with van der Waals surface area (Å²) in [4.78, 5) is 11.2.